The molecule has 2 aromatic rings. The van der Waals surface area contributed by atoms with Crippen LogP contribution >= 0.6 is 0 Å². The van der Waals surface area contributed by atoms with Crippen LogP contribution < -0.4 is 10.1 Å². The summed E-state index contributed by atoms with van der Waals surface area (Å²) in [5, 5.41) is 10.8. The third-order valence-corrected chi connectivity index (χ3v) is 4.95. The van der Waals surface area contributed by atoms with Gasteiger partial charge in [-0.3, -0.25) is 9.59 Å². The summed E-state index contributed by atoms with van der Waals surface area (Å²) in [5.41, 5.74) is 1.19. The minimum atomic E-state index is -0.288. The smallest absolute Gasteiger partial charge is 0.273 e. The average molecular weight is 413 g/mol. The molecular formula is C21H27N5O4. The zero-order chi connectivity index (χ0) is 21.3. The third kappa shape index (κ3) is 5.66. The van der Waals surface area contributed by atoms with Gasteiger partial charge < -0.3 is 19.7 Å². The van der Waals surface area contributed by atoms with E-state index >= 15 is 0 Å². The first-order valence-corrected chi connectivity index (χ1v) is 9.90. The van der Waals surface area contributed by atoms with Crippen molar-refractivity contribution in [3.63, 3.8) is 0 Å². The molecule has 1 atom stereocenters. The maximum absolute atomic E-state index is 12.6. The molecule has 1 aromatic carbocycles. The van der Waals surface area contributed by atoms with E-state index in [0.29, 0.717) is 26.2 Å². The Kier molecular flexibility index (Phi) is 7.56. The molecule has 2 amide bonds. The van der Waals surface area contributed by atoms with Gasteiger partial charge in [0, 0.05) is 32.8 Å². The first-order chi connectivity index (χ1) is 14.6. The number of piperidine rings is 1. The van der Waals surface area contributed by atoms with E-state index in [2.05, 4.69) is 15.6 Å². The van der Waals surface area contributed by atoms with Crippen LogP contribution in [0.4, 0.5) is 0 Å². The molecule has 1 fully saturated rings. The summed E-state index contributed by atoms with van der Waals surface area (Å²) < 4.78 is 11.7. The first-order valence-electron chi connectivity index (χ1n) is 9.90. The Hall–Kier alpha value is -3.20. The Morgan fingerprint density at radius 3 is 2.80 bits per heavy atom. The van der Waals surface area contributed by atoms with Gasteiger partial charge in [-0.15, -0.1) is 5.10 Å². The van der Waals surface area contributed by atoms with Gasteiger partial charge in [0.25, 0.3) is 5.91 Å². The fraction of sp³-hybridized carbons (Fsp3) is 0.429. The molecule has 0 spiro atoms. The number of nitrogens with one attached hydrogen (secondary N) is 1. The second-order valence-electron chi connectivity index (χ2n) is 7.02. The van der Waals surface area contributed by atoms with E-state index in [0.717, 1.165) is 24.2 Å². The molecule has 0 bridgehead atoms. The van der Waals surface area contributed by atoms with Gasteiger partial charge >= 0.3 is 0 Å². The second-order valence-corrected chi connectivity index (χ2v) is 7.02. The number of carbonyl (C=O) groups excluding carboxylic acids is 2. The van der Waals surface area contributed by atoms with Gasteiger partial charge in [0.15, 0.2) is 5.69 Å². The van der Waals surface area contributed by atoms with Crippen molar-refractivity contribution < 1.29 is 19.1 Å². The Bertz CT molecular complexity index is 878. The van der Waals surface area contributed by atoms with E-state index in [4.69, 9.17) is 9.47 Å². The van der Waals surface area contributed by atoms with Crippen LogP contribution in [0.2, 0.25) is 0 Å². The summed E-state index contributed by atoms with van der Waals surface area (Å²) in [6, 6.07) is 7.50. The lowest BCUT2D eigenvalue weighted by Crippen LogP contribution is -2.40. The first kappa shape index (κ1) is 21.5. The van der Waals surface area contributed by atoms with Gasteiger partial charge in [0.2, 0.25) is 5.91 Å². The molecule has 1 aliphatic heterocycles. The fourth-order valence-electron chi connectivity index (χ4n) is 3.28. The highest BCUT2D eigenvalue weighted by Gasteiger charge is 2.25. The maximum atomic E-state index is 12.6. The number of hydrogen-bond donors (Lipinski definition) is 1. The topological polar surface area (TPSA) is 98.6 Å². The van der Waals surface area contributed by atoms with Crippen LogP contribution in [0.25, 0.3) is 6.08 Å². The summed E-state index contributed by atoms with van der Waals surface area (Å²) >= 11 is 0. The van der Waals surface area contributed by atoms with Crippen molar-refractivity contribution in [2.24, 2.45) is 0 Å². The van der Waals surface area contributed by atoms with Crippen LogP contribution in [-0.4, -0.2) is 72.2 Å². The molecule has 3 rings (SSSR count). The van der Waals surface area contributed by atoms with Gasteiger partial charge in [-0.1, -0.05) is 17.3 Å². The number of rotatable bonds is 8. The lowest BCUT2D eigenvalue weighted by Gasteiger charge is -2.31. The Morgan fingerprint density at radius 1 is 1.27 bits per heavy atom. The molecule has 0 saturated carbocycles. The van der Waals surface area contributed by atoms with Crippen LogP contribution in [0.15, 0.2) is 36.5 Å². The van der Waals surface area contributed by atoms with E-state index in [1.807, 2.05) is 24.3 Å². The fourth-order valence-corrected chi connectivity index (χ4v) is 3.28. The number of likely N-dealkylation sites (tertiary alicyclic amines) is 1. The van der Waals surface area contributed by atoms with Crippen LogP contribution in [0.3, 0.4) is 0 Å². The minimum Gasteiger partial charge on any atom is -0.497 e. The monoisotopic (exact) mass is 413 g/mol. The summed E-state index contributed by atoms with van der Waals surface area (Å²) in [5.74, 6) is 0.439. The molecular weight excluding hydrogens is 386 g/mol. The molecule has 0 aliphatic carbocycles. The summed E-state index contributed by atoms with van der Waals surface area (Å²) in [7, 11) is 3.19. The highest BCUT2D eigenvalue weighted by molar-refractivity contribution is 5.92. The predicted molar refractivity (Wildman–Crippen MR) is 111 cm³/mol. The van der Waals surface area contributed by atoms with Crippen molar-refractivity contribution in [1.29, 1.82) is 0 Å². The standard InChI is InChI=1S/C21H27N5O4/c1-29-13-11-22-21(28)19-15-26(24-23-19)17-4-3-12-25(14-17)20(27)10-7-16-5-8-18(30-2)9-6-16/h5-10,15,17H,3-4,11-14H2,1-2H3,(H,22,28)/b10-7+/t17-/m1/s1. The summed E-state index contributed by atoms with van der Waals surface area (Å²) in [6.07, 6.45) is 6.75. The van der Waals surface area contributed by atoms with Gasteiger partial charge in [0.05, 0.1) is 26.0 Å². The highest BCUT2D eigenvalue weighted by Crippen LogP contribution is 2.21. The van der Waals surface area contributed by atoms with Crippen LogP contribution in [0, 0.1) is 0 Å². The average Bonchev–Trinajstić information content (AvgIpc) is 3.28. The van der Waals surface area contributed by atoms with Crippen molar-refractivity contribution in [3.8, 4) is 5.75 Å². The van der Waals surface area contributed by atoms with E-state index in [-0.39, 0.29) is 23.6 Å². The molecule has 160 valence electrons. The number of ether oxygens (including phenoxy) is 2. The number of aromatic nitrogens is 3. The molecule has 0 unspecified atom stereocenters. The van der Waals surface area contributed by atoms with Gasteiger partial charge in [0.1, 0.15) is 5.75 Å². The van der Waals surface area contributed by atoms with Crippen molar-refractivity contribution in [1.82, 2.24) is 25.2 Å². The number of methoxy groups -OCH3 is 2. The quantitative estimate of drug-likeness (QED) is 0.521. The molecule has 30 heavy (non-hydrogen) atoms. The SMILES string of the molecule is COCCNC(=O)c1cn([C@@H]2CCCN(C(=O)/C=C/c3ccc(OC)cc3)C2)nn1. The van der Waals surface area contributed by atoms with Crippen molar-refractivity contribution >= 4 is 17.9 Å². The van der Waals surface area contributed by atoms with E-state index in [1.165, 1.54) is 0 Å². The van der Waals surface area contributed by atoms with Gasteiger partial charge in [-0.25, -0.2) is 4.68 Å². The number of amides is 2. The minimum absolute atomic E-state index is 0.00916. The summed E-state index contributed by atoms with van der Waals surface area (Å²) in [6.45, 7) is 2.07. The molecule has 9 nitrogen and oxygen atoms in total. The lowest BCUT2D eigenvalue weighted by atomic mass is 10.1. The van der Waals surface area contributed by atoms with Crippen LogP contribution in [-0.2, 0) is 9.53 Å². The normalized spacial score (nSPS) is 16.6. The van der Waals surface area contributed by atoms with Crippen LogP contribution in [0.5, 0.6) is 5.75 Å². The van der Waals surface area contributed by atoms with Crippen LogP contribution in [0.1, 0.15) is 34.9 Å². The molecule has 0 radical (unpaired) electrons. The molecule has 2 heterocycles. The van der Waals surface area contributed by atoms with Crippen molar-refractivity contribution in [3.05, 3.63) is 47.8 Å². The zero-order valence-electron chi connectivity index (χ0n) is 17.3. The van der Waals surface area contributed by atoms with Crippen molar-refractivity contribution in [2.75, 3.05) is 40.5 Å². The molecule has 9 heteroatoms. The van der Waals surface area contributed by atoms with E-state index < -0.39 is 0 Å². The Balaban J connectivity index is 1.57. The Labute approximate surface area is 175 Å². The predicted octanol–water partition coefficient (Wildman–Crippen LogP) is 1.54. The lowest BCUT2D eigenvalue weighted by molar-refractivity contribution is -0.127. The number of carbonyl (C=O) groups is 2. The molecule has 1 aromatic heterocycles. The van der Waals surface area contributed by atoms with E-state index in [9.17, 15) is 9.59 Å². The van der Waals surface area contributed by atoms with Crippen molar-refractivity contribution in [2.45, 2.75) is 18.9 Å². The largest absolute Gasteiger partial charge is 0.497 e. The third-order valence-electron chi connectivity index (χ3n) is 4.95. The highest BCUT2D eigenvalue weighted by atomic mass is 16.5. The zero-order valence-corrected chi connectivity index (χ0v) is 17.3. The number of hydrogen-bond acceptors (Lipinski definition) is 6. The number of nitrogens with zero attached hydrogens (tertiary/aromatic N) is 4. The number of benzene rings is 1. The maximum Gasteiger partial charge on any atom is 0.273 e. The second kappa shape index (κ2) is 10.5. The van der Waals surface area contributed by atoms with Gasteiger partial charge in [-0.2, -0.15) is 0 Å². The molecule has 1 aliphatic rings. The summed E-state index contributed by atoms with van der Waals surface area (Å²) in [4.78, 5) is 26.5. The van der Waals surface area contributed by atoms with Gasteiger partial charge in [-0.05, 0) is 36.6 Å². The molecule has 1 saturated heterocycles. The molecule has 1 N–H and O–H groups in total. The van der Waals surface area contributed by atoms with E-state index in [1.54, 1.807) is 42.2 Å². The Morgan fingerprint density at radius 2 is 2.07 bits per heavy atom.